The summed E-state index contributed by atoms with van der Waals surface area (Å²) in [5, 5.41) is 12.7. The fraction of sp³-hybridized carbons (Fsp3) is 0.125. The second-order valence-electron chi connectivity index (χ2n) is 2.93. The zero-order valence-corrected chi connectivity index (χ0v) is 7.43. The minimum absolute atomic E-state index is 0.0707. The molecule has 2 rings (SSSR count). The number of nitrogens with zero attached hydrogens (tertiary/aromatic N) is 3. The van der Waals surface area contributed by atoms with E-state index in [9.17, 15) is 4.79 Å². The predicted molar refractivity (Wildman–Crippen MR) is 49.1 cm³/mol. The van der Waals surface area contributed by atoms with Crippen molar-refractivity contribution in [3.8, 4) is 0 Å². The van der Waals surface area contributed by atoms with Gasteiger partial charge in [0.05, 0.1) is 6.20 Å². The standard InChI is InChI=1S/C8H8N4O2/c1-4-3-10-12-6(9)2-5(8(13)14)11-7(4)12/h2-3H,9H2,1H3,(H,13,14). The Morgan fingerprint density at radius 3 is 3.00 bits per heavy atom. The maximum atomic E-state index is 10.7. The Balaban J connectivity index is 2.82. The number of nitrogens with two attached hydrogens (primary N) is 1. The zero-order valence-electron chi connectivity index (χ0n) is 7.43. The Hall–Kier alpha value is -2.11. The number of nitrogen functional groups attached to an aromatic ring is 1. The van der Waals surface area contributed by atoms with Crippen LogP contribution in [0.4, 0.5) is 5.82 Å². The summed E-state index contributed by atoms with van der Waals surface area (Å²) in [4.78, 5) is 14.6. The van der Waals surface area contributed by atoms with Crippen molar-refractivity contribution in [2.75, 3.05) is 5.73 Å². The fourth-order valence-corrected chi connectivity index (χ4v) is 1.21. The minimum Gasteiger partial charge on any atom is -0.477 e. The van der Waals surface area contributed by atoms with Gasteiger partial charge in [-0.25, -0.2) is 9.78 Å². The first-order chi connectivity index (χ1) is 6.59. The lowest BCUT2D eigenvalue weighted by Gasteiger charge is -2.00. The summed E-state index contributed by atoms with van der Waals surface area (Å²) in [6, 6.07) is 1.28. The monoisotopic (exact) mass is 192 g/mol. The summed E-state index contributed by atoms with van der Waals surface area (Å²) in [5.74, 6) is -0.833. The molecule has 6 heteroatoms. The molecular weight excluding hydrogens is 184 g/mol. The molecule has 14 heavy (non-hydrogen) atoms. The Kier molecular flexibility index (Phi) is 1.63. The third kappa shape index (κ3) is 1.08. The van der Waals surface area contributed by atoms with Crippen molar-refractivity contribution in [3.05, 3.63) is 23.5 Å². The number of carbonyl (C=O) groups is 1. The number of fused-ring (bicyclic) bond motifs is 1. The molecule has 0 aliphatic rings. The molecule has 0 aliphatic carbocycles. The summed E-state index contributed by atoms with van der Waals surface area (Å²) in [5.41, 5.74) is 6.80. The van der Waals surface area contributed by atoms with Crippen LogP contribution in [-0.4, -0.2) is 25.7 Å². The summed E-state index contributed by atoms with van der Waals surface area (Å²) in [6.45, 7) is 1.79. The molecule has 0 unspecified atom stereocenters. The third-order valence-electron chi connectivity index (χ3n) is 1.89. The van der Waals surface area contributed by atoms with E-state index in [1.165, 1.54) is 10.6 Å². The number of anilines is 1. The number of carboxylic acids is 1. The summed E-state index contributed by atoms with van der Waals surface area (Å²) in [7, 11) is 0. The lowest BCUT2D eigenvalue weighted by Crippen LogP contribution is -2.07. The summed E-state index contributed by atoms with van der Waals surface area (Å²) in [6.07, 6.45) is 1.59. The number of aromatic nitrogens is 3. The van der Waals surface area contributed by atoms with Crippen LogP contribution in [0, 0.1) is 6.92 Å². The summed E-state index contributed by atoms with van der Waals surface area (Å²) < 4.78 is 1.40. The highest BCUT2D eigenvalue weighted by molar-refractivity contribution is 5.87. The molecule has 2 aromatic heterocycles. The van der Waals surface area contributed by atoms with Crippen molar-refractivity contribution in [3.63, 3.8) is 0 Å². The zero-order chi connectivity index (χ0) is 10.3. The van der Waals surface area contributed by atoms with Crippen LogP contribution in [0.2, 0.25) is 0 Å². The molecule has 0 saturated heterocycles. The average molecular weight is 192 g/mol. The largest absolute Gasteiger partial charge is 0.477 e. The molecule has 0 aromatic carbocycles. The van der Waals surface area contributed by atoms with E-state index < -0.39 is 5.97 Å². The van der Waals surface area contributed by atoms with Gasteiger partial charge in [-0.05, 0) is 6.92 Å². The van der Waals surface area contributed by atoms with Gasteiger partial charge in [0.25, 0.3) is 0 Å². The molecule has 2 aromatic rings. The second-order valence-corrected chi connectivity index (χ2v) is 2.93. The van der Waals surface area contributed by atoms with Crippen LogP contribution < -0.4 is 5.73 Å². The number of aromatic carboxylic acids is 1. The fourth-order valence-electron chi connectivity index (χ4n) is 1.21. The number of rotatable bonds is 1. The highest BCUT2D eigenvalue weighted by Crippen LogP contribution is 2.12. The van der Waals surface area contributed by atoms with Gasteiger partial charge < -0.3 is 10.8 Å². The van der Waals surface area contributed by atoms with Crippen molar-refractivity contribution < 1.29 is 9.90 Å². The molecule has 0 fully saturated rings. The van der Waals surface area contributed by atoms with Gasteiger partial charge in [-0.2, -0.15) is 9.61 Å². The number of hydrogen-bond acceptors (Lipinski definition) is 4. The van der Waals surface area contributed by atoms with E-state index in [0.717, 1.165) is 5.56 Å². The van der Waals surface area contributed by atoms with Gasteiger partial charge in [0.1, 0.15) is 5.82 Å². The number of carboxylic acid groups (broad SMARTS) is 1. The van der Waals surface area contributed by atoms with Gasteiger partial charge in [0, 0.05) is 11.6 Å². The first kappa shape index (κ1) is 8.49. The van der Waals surface area contributed by atoms with Gasteiger partial charge in [-0.15, -0.1) is 0 Å². The van der Waals surface area contributed by atoms with Gasteiger partial charge in [0.15, 0.2) is 11.3 Å². The molecule has 0 atom stereocenters. The van der Waals surface area contributed by atoms with E-state index in [1.54, 1.807) is 13.1 Å². The van der Waals surface area contributed by atoms with Crippen LogP contribution in [0.1, 0.15) is 16.1 Å². The Bertz CT molecular complexity index is 517. The predicted octanol–water partition coefficient (Wildman–Crippen LogP) is 0.318. The maximum Gasteiger partial charge on any atom is 0.354 e. The molecule has 0 aliphatic heterocycles. The van der Waals surface area contributed by atoms with E-state index in [4.69, 9.17) is 10.8 Å². The number of aryl methyl sites for hydroxylation is 1. The molecule has 0 radical (unpaired) electrons. The highest BCUT2D eigenvalue weighted by Gasteiger charge is 2.11. The highest BCUT2D eigenvalue weighted by atomic mass is 16.4. The Morgan fingerprint density at radius 1 is 1.64 bits per heavy atom. The molecule has 3 N–H and O–H groups in total. The molecule has 6 nitrogen and oxygen atoms in total. The Morgan fingerprint density at radius 2 is 2.36 bits per heavy atom. The normalized spacial score (nSPS) is 10.6. The van der Waals surface area contributed by atoms with Crippen molar-refractivity contribution in [2.24, 2.45) is 0 Å². The SMILES string of the molecule is Cc1cnn2c(N)cc(C(=O)O)nc12. The second kappa shape index (κ2) is 2.69. The first-order valence-corrected chi connectivity index (χ1v) is 3.94. The molecule has 0 spiro atoms. The molecular formula is C8H8N4O2. The van der Waals surface area contributed by atoms with Gasteiger partial charge in [-0.3, -0.25) is 0 Å². The lowest BCUT2D eigenvalue weighted by atomic mass is 10.3. The van der Waals surface area contributed by atoms with Crippen molar-refractivity contribution in [1.82, 2.24) is 14.6 Å². The van der Waals surface area contributed by atoms with Crippen molar-refractivity contribution in [1.29, 1.82) is 0 Å². The third-order valence-corrected chi connectivity index (χ3v) is 1.89. The van der Waals surface area contributed by atoms with Crippen molar-refractivity contribution in [2.45, 2.75) is 6.92 Å². The van der Waals surface area contributed by atoms with Crippen LogP contribution in [-0.2, 0) is 0 Å². The van der Waals surface area contributed by atoms with E-state index >= 15 is 0 Å². The molecule has 2 heterocycles. The average Bonchev–Trinajstić information content (AvgIpc) is 2.48. The van der Waals surface area contributed by atoms with Crippen LogP contribution in [0.25, 0.3) is 5.65 Å². The lowest BCUT2D eigenvalue weighted by molar-refractivity contribution is 0.0690. The van der Waals surface area contributed by atoms with E-state index in [2.05, 4.69) is 10.1 Å². The maximum absolute atomic E-state index is 10.7. The number of hydrogen-bond donors (Lipinski definition) is 2. The molecule has 0 saturated carbocycles. The van der Waals surface area contributed by atoms with Gasteiger partial charge >= 0.3 is 5.97 Å². The molecule has 0 bridgehead atoms. The van der Waals surface area contributed by atoms with Crippen LogP contribution in [0.5, 0.6) is 0 Å². The van der Waals surface area contributed by atoms with Crippen LogP contribution in [0.3, 0.4) is 0 Å². The van der Waals surface area contributed by atoms with E-state index in [0.29, 0.717) is 5.65 Å². The minimum atomic E-state index is -1.10. The molecule has 0 amide bonds. The van der Waals surface area contributed by atoms with Crippen molar-refractivity contribution >= 4 is 17.4 Å². The summed E-state index contributed by atoms with van der Waals surface area (Å²) >= 11 is 0. The van der Waals surface area contributed by atoms with E-state index in [1.807, 2.05) is 0 Å². The molecule has 72 valence electrons. The van der Waals surface area contributed by atoms with E-state index in [-0.39, 0.29) is 11.5 Å². The quantitative estimate of drug-likeness (QED) is 0.678. The van der Waals surface area contributed by atoms with Crippen LogP contribution in [0.15, 0.2) is 12.3 Å². The Labute approximate surface area is 79.0 Å². The van der Waals surface area contributed by atoms with Gasteiger partial charge in [0.2, 0.25) is 0 Å². The first-order valence-electron chi connectivity index (χ1n) is 3.94. The topological polar surface area (TPSA) is 93.5 Å². The van der Waals surface area contributed by atoms with Crippen LogP contribution >= 0.6 is 0 Å². The smallest absolute Gasteiger partial charge is 0.354 e. The van der Waals surface area contributed by atoms with Gasteiger partial charge in [-0.1, -0.05) is 0 Å².